The summed E-state index contributed by atoms with van der Waals surface area (Å²) < 4.78 is 13.0. The minimum Gasteiger partial charge on any atom is -0.368 e. The number of hydrogen-bond acceptors (Lipinski definition) is 3. The summed E-state index contributed by atoms with van der Waals surface area (Å²) in [6.45, 7) is 3.76. The second-order valence-electron chi connectivity index (χ2n) is 6.61. The number of aliphatic imine (C=N–C) groups is 1. The van der Waals surface area contributed by atoms with Crippen molar-refractivity contribution in [3.63, 3.8) is 0 Å². The van der Waals surface area contributed by atoms with Crippen molar-refractivity contribution in [3.05, 3.63) is 66.0 Å². The zero-order chi connectivity index (χ0) is 19.8. The Bertz CT molecular complexity index is 786. The topological polar surface area (TPSA) is 60.0 Å². The molecule has 6 nitrogen and oxygen atoms in total. The van der Waals surface area contributed by atoms with Gasteiger partial charge in [0, 0.05) is 45.5 Å². The van der Waals surface area contributed by atoms with Crippen LogP contribution in [0.5, 0.6) is 0 Å². The summed E-state index contributed by atoms with van der Waals surface area (Å²) in [5.74, 6) is 0.335. The predicted octanol–water partition coefficient (Wildman–Crippen LogP) is 1.84. The first kappa shape index (κ1) is 19.7. The Labute approximate surface area is 165 Å². The fraction of sp³-hybridized carbons (Fsp3) is 0.333. The summed E-state index contributed by atoms with van der Waals surface area (Å²) in [6, 6.07) is 16.5. The lowest BCUT2D eigenvalue weighted by molar-refractivity contribution is -0.130. The molecule has 0 unspecified atom stereocenters. The highest BCUT2D eigenvalue weighted by atomic mass is 19.1. The highest BCUT2D eigenvalue weighted by molar-refractivity contribution is 5.86. The molecule has 1 saturated heterocycles. The third-order valence-electron chi connectivity index (χ3n) is 4.76. The molecule has 1 aliphatic heterocycles. The number of benzene rings is 2. The molecular weight excluding hydrogens is 357 g/mol. The van der Waals surface area contributed by atoms with Crippen molar-refractivity contribution in [1.29, 1.82) is 0 Å². The predicted molar refractivity (Wildman–Crippen MR) is 110 cm³/mol. The molecule has 148 valence electrons. The van der Waals surface area contributed by atoms with Crippen LogP contribution in [-0.4, -0.2) is 56.5 Å². The average molecular weight is 383 g/mol. The van der Waals surface area contributed by atoms with Gasteiger partial charge < -0.3 is 20.4 Å². The van der Waals surface area contributed by atoms with Gasteiger partial charge in [-0.1, -0.05) is 30.3 Å². The number of guanidine groups is 1. The van der Waals surface area contributed by atoms with Crippen molar-refractivity contribution in [2.45, 2.75) is 6.54 Å². The van der Waals surface area contributed by atoms with Gasteiger partial charge in [0.2, 0.25) is 5.91 Å². The van der Waals surface area contributed by atoms with Crippen LogP contribution in [0.4, 0.5) is 10.1 Å². The summed E-state index contributed by atoms with van der Waals surface area (Å²) in [6.07, 6.45) is 0. The van der Waals surface area contributed by atoms with Gasteiger partial charge in [-0.15, -0.1) is 0 Å². The molecule has 2 N–H and O–H groups in total. The standard InChI is InChI=1S/C21H26FN5O/c1-23-21(24-15-17-7-9-18(22)10-8-17)25-16-20(28)27-13-11-26(12-14-27)19-5-3-2-4-6-19/h2-10H,11-16H2,1H3,(H2,23,24,25). The van der Waals surface area contributed by atoms with Crippen LogP contribution >= 0.6 is 0 Å². The number of nitrogens with one attached hydrogen (secondary N) is 2. The van der Waals surface area contributed by atoms with Crippen molar-refractivity contribution in [1.82, 2.24) is 15.5 Å². The van der Waals surface area contributed by atoms with Crippen LogP contribution in [0.3, 0.4) is 0 Å². The Balaban J connectivity index is 1.41. The van der Waals surface area contributed by atoms with Crippen LogP contribution in [0.2, 0.25) is 0 Å². The van der Waals surface area contributed by atoms with Gasteiger partial charge in [0.1, 0.15) is 5.82 Å². The van der Waals surface area contributed by atoms with E-state index >= 15 is 0 Å². The first-order chi connectivity index (χ1) is 13.7. The molecule has 1 amide bonds. The van der Waals surface area contributed by atoms with Crippen molar-refractivity contribution >= 4 is 17.6 Å². The van der Waals surface area contributed by atoms with Crippen LogP contribution in [0.15, 0.2) is 59.6 Å². The molecule has 1 fully saturated rings. The number of halogens is 1. The highest BCUT2D eigenvalue weighted by Crippen LogP contribution is 2.15. The second kappa shape index (κ2) is 9.73. The van der Waals surface area contributed by atoms with E-state index in [1.54, 1.807) is 19.2 Å². The number of piperazine rings is 1. The lowest BCUT2D eigenvalue weighted by Crippen LogP contribution is -2.52. The van der Waals surface area contributed by atoms with Crippen molar-refractivity contribution < 1.29 is 9.18 Å². The first-order valence-corrected chi connectivity index (χ1v) is 9.42. The number of rotatable bonds is 5. The minimum absolute atomic E-state index is 0.0532. The molecule has 28 heavy (non-hydrogen) atoms. The van der Waals surface area contributed by atoms with E-state index < -0.39 is 0 Å². The SMILES string of the molecule is CN=C(NCC(=O)N1CCN(c2ccccc2)CC1)NCc1ccc(F)cc1. The fourth-order valence-corrected chi connectivity index (χ4v) is 3.13. The van der Waals surface area contributed by atoms with Gasteiger partial charge in [0.15, 0.2) is 5.96 Å². The maximum atomic E-state index is 13.0. The van der Waals surface area contributed by atoms with Gasteiger partial charge in [-0.3, -0.25) is 9.79 Å². The summed E-state index contributed by atoms with van der Waals surface area (Å²) in [7, 11) is 1.66. The number of nitrogens with zero attached hydrogens (tertiary/aromatic N) is 3. The summed E-state index contributed by atoms with van der Waals surface area (Å²) in [5, 5.41) is 6.18. The maximum absolute atomic E-state index is 13.0. The molecule has 2 aromatic rings. The smallest absolute Gasteiger partial charge is 0.242 e. The third-order valence-corrected chi connectivity index (χ3v) is 4.76. The minimum atomic E-state index is -0.260. The Morgan fingerprint density at radius 2 is 1.68 bits per heavy atom. The molecule has 7 heteroatoms. The van der Waals surface area contributed by atoms with Crippen LogP contribution in [0.25, 0.3) is 0 Å². The second-order valence-corrected chi connectivity index (χ2v) is 6.61. The number of anilines is 1. The van der Waals surface area contributed by atoms with Gasteiger partial charge in [-0.05, 0) is 29.8 Å². The zero-order valence-electron chi connectivity index (χ0n) is 16.1. The first-order valence-electron chi connectivity index (χ1n) is 9.42. The Hall–Kier alpha value is -3.09. The van der Waals surface area contributed by atoms with E-state index in [4.69, 9.17) is 0 Å². The van der Waals surface area contributed by atoms with E-state index in [1.807, 2.05) is 23.1 Å². The average Bonchev–Trinajstić information content (AvgIpc) is 2.75. The van der Waals surface area contributed by atoms with Gasteiger partial charge in [-0.2, -0.15) is 0 Å². The molecule has 0 aromatic heterocycles. The fourth-order valence-electron chi connectivity index (χ4n) is 3.13. The van der Waals surface area contributed by atoms with Crippen LogP contribution in [0, 0.1) is 5.82 Å². The summed E-state index contributed by atoms with van der Waals surface area (Å²) in [5.41, 5.74) is 2.13. The number of carbonyl (C=O) groups excluding carboxylic acids is 1. The van der Waals surface area contributed by atoms with Gasteiger partial charge in [0.25, 0.3) is 0 Å². The number of carbonyl (C=O) groups is 1. The van der Waals surface area contributed by atoms with E-state index in [9.17, 15) is 9.18 Å². The Morgan fingerprint density at radius 1 is 1.00 bits per heavy atom. The molecule has 1 heterocycles. The van der Waals surface area contributed by atoms with Crippen LogP contribution in [0.1, 0.15) is 5.56 Å². The molecule has 3 rings (SSSR count). The van der Waals surface area contributed by atoms with E-state index in [1.165, 1.54) is 17.8 Å². The van der Waals surface area contributed by atoms with Crippen molar-refractivity contribution in [2.24, 2.45) is 4.99 Å². The number of hydrogen-bond donors (Lipinski definition) is 2. The van der Waals surface area contributed by atoms with E-state index in [-0.39, 0.29) is 18.3 Å². The summed E-state index contributed by atoms with van der Waals surface area (Å²) >= 11 is 0. The molecule has 0 bridgehead atoms. The number of para-hydroxylation sites is 1. The zero-order valence-corrected chi connectivity index (χ0v) is 16.1. The molecule has 0 radical (unpaired) electrons. The van der Waals surface area contributed by atoms with E-state index in [0.29, 0.717) is 25.6 Å². The quantitative estimate of drug-likeness (QED) is 0.611. The lowest BCUT2D eigenvalue weighted by atomic mass is 10.2. The van der Waals surface area contributed by atoms with E-state index in [0.717, 1.165) is 18.7 Å². The van der Waals surface area contributed by atoms with Crippen LogP contribution in [-0.2, 0) is 11.3 Å². The molecular formula is C21H26FN5O. The molecule has 0 atom stereocenters. The molecule has 1 aliphatic rings. The van der Waals surface area contributed by atoms with Crippen molar-refractivity contribution in [3.8, 4) is 0 Å². The summed E-state index contributed by atoms with van der Waals surface area (Å²) in [4.78, 5) is 20.8. The van der Waals surface area contributed by atoms with Gasteiger partial charge in [0.05, 0.1) is 6.54 Å². The lowest BCUT2D eigenvalue weighted by Gasteiger charge is -2.36. The largest absolute Gasteiger partial charge is 0.368 e. The van der Waals surface area contributed by atoms with Crippen LogP contribution < -0.4 is 15.5 Å². The highest BCUT2D eigenvalue weighted by Gasteiger charge is 2.21. The molecule has 2 aromatic carbocycles. The molecule has 0 spiro atoms. The third kappa shape index (κ3) is 5.45. The van der Waals surface area contributed by atoms with Gasteiger partial charge >= 0.3 is 0 Å². The maximum Gasteiger partial charge on any atom is 0.242 e. The Kier molecular flexibility index (Phi) is 6.84. The molecule has 0 aliphatic carbocycles. The molecule has 0 saturated carbocycles. The monoisotopic (exact) mass is 383 g/mol. The van der Waals surface area contributed by atoms with E-state index in [2.05, 4.69) is 32.7 Å². The normalized spacial score (nSPS) is 14.7. The van der Waals surface area contributed by atoms with Crippen molar-refractivity contribution in [2.75, 3.05) is 44.7 Å². The Morgan fingerprint density at radius 3 is 2.32 bits per heavy atom. The van der Waals surface area contributed by atoms with Gasteiger partial charge in [-0.25, -0.2) is 4.39 Å². The number of amides is 1.